The Morgan fingerprint density at radius 3 is 2.56 bits per heavy atom. The third kappa shape index (κ3) is 4.15. The van der Waals surface area contributed by atoms with Crippen LogP contribution < -0.4 is 0 Å². The molecule has 0 heterocycles. The van der Waals surface area contributed by atoms with Gasteiger partial charge < -0.3 is 0 Å². The maximum Gasteiger partial charge on any atom is 0.102 e. The second-order valence-corrected chi connectivity index (χ2v) is 2.38. The summed E-state index contributed by atoms with van der Waals surface area (Å²) in [4.78, 5) is 4.09. The molecule has 0 fully saturated rings. The van der Waals surface area contributed by atoms with Crippen LogP contribution >= 0.6 is 15.9 Å². The summed E-state index contributed by atoms with van der Waals surface area (Å²) >= 11 is 3.24. The highest BCUT2D eigenvalue weighted by Crippen LogP contribution is 2.05. The Hall–Kier alpha value is -0.370. The van der Waals surface area contributed by atoms with Gasteiger partial charge in [-0.3, -0.25) is 0 Å². The zero-order valence-corrected chi connectivity index (χ0v) is 7.27. The van der Waals surface area contributed by atoms with Gasteiger partial charge in [0.2, 0.25) is 0 Å². The van der Waals surface area contributed by atoms with Crippen molar-refractivity contribution in [1.82, 2.24) is 0 Å². The first-order valence-electron chi connectivity index (χ1n) is 2.70. The summed E-state index contributed by atoms with van der Waals surface area (Å²) in [5, 5.41) is 0. The molecule has 0 amide bonds. The molecule has 0 N–H and O–H groups in total. The number of hydrogen-bond acceptors (Lipinski definition) is 1. The van der Waals surface area contributed by atoms with E-state index in [0.29, 0.717) is 0 Å². The van der Waals surface area contributed by atoms with Gasteiger partial charge in [-0.25, -0.2) is 4.99 Å². The van der Waals surface area contributed by atoms with Crippen molar-refractivity contribution < 1.29 is 0 Å². The highest BCUT2D eigenvalue weighted by molar-refractivity contribution is 9.11. The van der Waals surface area contributed by atoms with E-state index >= 15 is 0 Å². The van der Waals surface area contributed by atoms with E-state index in [1.165, 1.54) is 0 Å². The van der Waals surface area contributed by atoms with E-state index in [4.69, 9.17) is 0 Å². The molecule has 0 aliphatic carbocycles. The van der Waals surface area contributed by atoms with E-state index in [1.54, 1.807) is 6.08 Å². The van der Waals surface area contributed by atoms with Gasteiger partial charge in [0.15, 0.2) is 0 Å². The fraction of sp³-hybridized carbons (Fsp3) is 0.286. The van der Waals surface area contributed by atoms with Crippen molar-refractivity contribution in [3.8, 4) is 0 Å². The average molecular weight is 188 g/mol. The van der Waals surface area contributed by atoms with Crippen LogP contribution in [0.25, 0.3) is 0 Å². The standard InChI is InChI=1S/C7H10BrN/c1-4-6(3)9-7(8)5-2/h4-5H,1H2,2-3H3/b7-5-,9-6?. The predicted molar refractivity (Wildman–Crippen MR) is 46.0 cm³/mol. The summed E-state index contributed by atoms with van der Waals surface area (Å²) in [5.74, 6) is 0. The smallest absolute Gasteiger partial charge is 0.102 e. The lowest BCUT2D eigenvalue weighted by Gasteiger charge is -1.88. The van der Waals surface area contributed by atoms with Crippen LogP contribution in [0.1, 0.15) is 13.8 Å². The third-order valence-corrected chi connectivity index (χ3v) is 1.45. The molecule has 0 aliphatic heterocycles. The van der Waals surface area contributed by atoms with Crippen molar-refractivity contribution >= 4 is 21.6 Å². The minimum absolute atomic E-state index is 0.847. The molecule has 50 valence electrons. The molecule has 0 atom stereocenters. The van der Waals surface area contributed by atoms with Crippen LogP contribution in [-0.4, -0.2) is 5.71 Å². The van der Waals surface area contributed by atoms with Gasteiger partial charge in [0.1, 0.15) is 4.61 Å². The highest BCUT2D eigenvalue weighted by Gasteiger charge is 1.82. The lowest BCUT2D eigenvalue weighted by Crippen LogP contribution is -1.80. The third-order valence-electron chi connectivity index (χ3n) is 0.817. The normalized spacial score (nSPS) is 13.7. The zero-order valence-electron chi connectivity index (χ0n) is 5.69. The molecule has 2 heteroatoms. The maximum absolute atomic E-state index is 4.09. The maximum atomic E-state index is 4.09. The number of hydrogen-bond donors (Lipinski definition) is 0. The van der Waals surface area contributed by atoms with Crippen LogP contribution in [0.2, 0.25) is 0 Å². The Bertz CT molecular complexity index is 156. The molecule has 0 spiro atoms. The molecule has 0 saturated heterocycles. The van der Waals surface area contributed by atoms with Crippen LogP contribution in [0.4, 0.5) is 0 Å². The van der Waals surface area contributed by atoms with Gasteiger partial charge in [0.05, 0.1) is 0 Å². The van der Waals surface area contributed by atoms with Crippen molar-refractivity contribution in [2.24, 2.45) is 4.99 Å². The van der Waals surface area contributed by atoms with Crippen molar-refractivity contribution in [3.63, 3.8) is 0 Å². The fourth-order valence-electron chi connectivity index (χ4n) is 0.279. The van der Waals surface area contributed by atoms with Gasteiger partial charge in [-0.05, 0) is 35.9 Å². The number of halogens is 1. The Morgan fingerprint density at radius 2 is 2.22 bits per heavy atom. The highest BCUT2D eigenvalue weighted by atomic mass is 79.9. The minimum Gasteiger partial charge on any atom is -0.247 e. The van der Waals surface area contributed by atoms with E-state index in [0.717, 1.165) is 10.3 Å². The summed E-state index contributed by atoms with van der Waals surface area (Å²) in [6.45, 7) is 7.39. The van der Waals surface area contributed by atoms with Crippen LogP contribution in [0.5, 0.6) is 0 Å². The van der Waals surface area contributed by atoms with Crippen LogP contribution in [-0.2, 0) is 0 Å². The molecule has 0 bridgehead atoms. The Labute approximate surface area is 64.3 Å². The molecule has 0 unspecified atom stereocenters. The summed E-state index contributed by atoms with van der Waals surface area (Å²) < 4.78 is 0.847. The molecule has 0 saturated carbocycles. The number of nitrogens with zero attached hydrogens (tertiary/aromatic N) is 1. The Kier molecular flexibility index (Phi) is 4.32. The Morgan fingerprint density at radius 1 is 1.67 bits per heavy atom. The molecule has 9 heavy (non-hydrogen) atoms. The summed E-state index contributed by atoms with van der Waals surface area (Å²) in [6.07, 6.45) is 3.60. The SMILES string of the molecule is C=CC(C)=N/C(Br)=C\C. The summed E-state index contributed by atoms with van der Waals surface area (Å²) in [5.41, 5.74) is 0.917. The van der Waals surface area contributed by atoms with Gasteiger partial charge in [-0.2, -0.15) is 0 Å². The van der Waals surface area contributed by atoms with Crippen LogP contribution in [0, 0.1) is 0 Å². The number of rotatable bonds is 2. The summed E-state index contributed by atoms with van der Waals surface area (Å²) in [6, 6.07) is 0. The zero-order chi connectivity index (χ0) is 7.28. The van der Waals surface area contributed by atoms with Gasteiger partial charge in [0.25, 0.3) is 0 Å². The van der Waals surface area contributed by atoms with E-state index < -0.39 is 0 Å². The molecule has 0 radical (unpaired) electrons. The first kappa shape index (κ1) is 8.63. The van der Waals surface area contributed by atoms with E-state index in [1.807, 2.05) is 19.9 Å². The number of aliphatic imine (C=N–C) groups is 1. The molecule has 0 aromatic heterocycles. The number of allylic oxidation sites excluding steroid dienone is 2. The molecule has 0 aromatic carbocycles. The van der Waals surface area contributed by atoms with Gasteiger partial charge in [-0.1, -0.05) is 12.7 Å². The van der Waals surface area contributed by atoms with Gasteiger partial charge >= 0.3 is 0 Å². The topological polar surface area (TPSA) is 12.4 Å². The van der Waals surface area contributed by atoms with Gasteiger partial charge in [0, 0.05) is 5.71 Å². The van der Waals surface area contributed by atoms with Crippen LogP contribution in [0.15, 0.2) is 28.3 Å². The molecular weight excluding hydrogens is 178 g/mol. The quantitative estimate of drug-likeness (QED) is 0.466. The van der Waals surface area contributed by atoms with Crippen LogP contribution in [0.3, 0.4) is 0 Å². The average Bonchev–Trinajstić information content (AvgIpc) is 1.87. The minimum atomic E-state index is 0.847. The monoisotopic (exact) mass is 187 g/mol. The van der Waals surface area contributed by atoms with Crippen molar-refractivity contribution in [2.45, 2.75) is 13.8 Å². The molecule has 0 aromatic rings. The second kappa shape index (κ2) is 4.50. The lowest BCUT2D eigenvalue weighted by molar-refractivity contribution is 1.48. The molecular formula is C7H10BrN. The largest absolute Gasteiger partial charge is 0.247 e. The van der Waals surface area contributed by atoms with E-state index in [9.17, 15) is 0 Å². The molecule has 0 aliphatic rings. The second-order valence-electron chi connectivity index (χ2n) is 1.57. The lowest BCUT2D eigenvalue weighted by atomic mass is 10.4. The van der Waals surface area contributed by atoms with Gasteiger partial charge in [-0.15, -0.1) is 0 Å². The first-order chi connectivity index (χ1) is 4.20. The van der Waals surface area contributed by atoms with Crippen molar-refractivity contribution in [3.05, 3.63) is 23.3 Å². The predicted octanol–water partition coefficient (Wildman–Crippen LogP) is 2.89. The molecule has 0 rings (SSSR count). The van der Waals surface area contributed by atoms with E-state index in [-0.39, 0.29) is 0 Å². The van der Waals surface area contributed by atoms with Crippen molar-refractivity contribution in [1.29, 1.82) is 0 Å². The Balaban J connectivity index is 4.11. The fourth-order valence-corrected chi connectivity index (χ4v) is 0.558. The summed E-state index contributed by atoms with van der Waals surface area (Å²) in [7, 11) is 0. The first-order valence-corrected chi connectivity index (χ1v) is 3.49. The van der Waals surface area contributed by atoms with E-state index in [2.05, 4.69) is 27.5 Å². The van der Waals surface area contributed by atoms with Crippen molar-refractivity contribution in [2.75, 3.05) is 0 Å². The molecule has 1 nitrogen and oxygen atoms in total.